The van der Waals surface area contributed by atoms with Crippen LogP contribution in [0.25, 0.3) is 6.08 Å². The van der Waals surface area contributed by atoms with Gasteiger partial charge < -0.3 is 26.4 Å². The monoisotopic (exact) mass is 594 g/mol. The van der Waals surface area contributed by atoms with Crippen molar-refractivity contribution < 1.29 is 23.9 Å². The Morgan fingerprint density at radius 3 is 2.19 bits per heavy atom. The summed E-state index contributed by atoms with van der Waals surface area (Å²) >= 11 is 1.29. The zero-order chi connectivity index (χ0) is 30.6. The highest BCUT2D eigenvalue weighted by Gasteiger charge is 2.16. The van der Waals surface area contributed by atoms with Crippen molar-refractivity contribution in [1.29, 1.82) is 0 Å². The van der Waals surface area contributed by atoms with Crippen molar-refractivity contribution in [3.8, 4) is 5.75 Å². The average Bonchev–Trinajstić information content (AvgIpc) is 3.01. The molecule has 0 aromatic heterocycles. The highest BCUT2D eigenvalue weighted by Crippen LogP contribution is 2.23. The van der Waals surface area contributed by atoms with E-state index in [2.05, 4.69) is 16.0 Å². The Balaban J connectivity index is 1.43. The van der Waals surface area contributed by atoms with Crippen LogP contribution in [0.4, 0.5) is 11.4 Å². The Morgan fingerprint density at radius 1 is 0.791 bits per heavy atom. The summed E-state index contributed by atoms with van der Waals surface area (Å²) in [5.74, 6) is -0.911. The van der Waals surface area contributed by atoms with Crippen LogP contribution in [-0.2, 0) is 9.59 Å². The van der Waals surface area contributed by atoms with Crippen LogP contribution in [0, 0.1) is 0 Å². The minimum atomic E-state index is -0.544. The molecule has 0 radical (unpaired) electrons. The minimum Gasteiger partial charge on any atom is -0.494 e. The molecule has 0 spiro atoms. The average molecular weight is 595 g/mol. The molecule has 218 valence electrons. The molecule has 0 heterocycles. The summed E-state index contributed by atoms with van der Waals surface area (Å²) in [5.41, 5.74) is 7.79. The van der Waals surface area contributed by atoms with E-state index >= 15 is 0 Å². The van der Waals surface area contributed by atoms with Gasteiger partial charge in [0.25, 0.3) is 11.8 Å². The molecule has 4 rings (SSSR count). The Hall–Kier alpha value is -5.35. The van der Waals surface area contributed by atoms with Crippen LogP contribution in [0.1, 0.15) is 33.2 Å². The number of carbonyl (C=O) groups is 4. The van der Waals surface area contributed by atoms with Gasteiger partial charge in [0.15, 0.2) is 0 Å². The second-order valence-corrected chi connectivity index (χ2v) is 10.2. The van der Waals surface area contributed by atoms with Gasteiger partial charge in [-0.3, -0.25) is 19.2 Å². The number of ether oxygens (including phenoxy) is 1. The SMILES string of the molecule is CCOc1ccc(/C=C(/NC(=O)c2ccccc2)C(=O)Nc2cccc(SCC(=O)Nc3ccc(C(N)=O)cc3)c2)cc1. The molecule has 5 N–H and O–H groups in total. The van der Waals surface area contributed by atoms with Crippen molar-refractivity contribution >= 4 is 52.8 Å². The first-order valence-corrected chi connectivity index (χ1v) is 14.3. The standard InChI is InChI=1S/C33H30N4O5S/c1-2-42-27-17-11-22(12-18-27)19-29(37-32(40)24-7-4-3-5-8-24)33(41)36-26-9-6-10-28(20-26)43-21-30(38)35-25-15-13-23(14-16-25)31(34)39/h3-20H,2,21H2,1H3,(H2,34,39)(H,35,38)(H,36,41)(H,37,40)/b29-19+. The van der Waals surface area contributed by atoms with Crippen LogP contribution >= 0.6 is 11.8 Å². The van der Waals surface area contributed by atoms with Gasteiger partial charge in [-0.25, -0.2) is 0 Å². The van der Waals surface area contributed by atoms with Gasteiger partial charge in [-0.15, -0.1) is 11.8 Å². The predicted octanol–water partition coefficient (Wildman–Crippen LogP) is 5.32. The molecule has 0 saturated carbocycles. The molecular weight excluding hydrogens is 564 g/mol. The molecule has 43 heavy (non-hydrogen) atoms. The lowest BCUT2D eigenvalue weighted by atomic mass is 10.1. The molecule has 0 saturated heterocycles. The van der Waals surface area contributed by atoms with E-state index in [0.717, 1.165) is 4.90 Å². The summed E-state index contributed by atoms with van der Waals surface area (Å²) in [4.78, 5) is 50.7. The molecule has 0 aliphatic rings. The van der Waals surface area contributed by atoms with E-state index in [9.17, 15) is 19.2 Å². The third kappa shape index (κ3) is 9.34. The zero-order valence-corrected chi connectivity index (χ0v) is 24.1. The molecule has 9 nitrogen and oxygen atoms in total. The first-order valence-electron chi connectivity index (χ1n) is 13.4. The van der Waals surface area contributed by atoms with Crippen molar-refractivity contribution in [3.63, 3.8) is 0 Å². The summed E-state index contributed by atoms with van der Waals surface area (Å²) in [6.45, 7) is 2.43. The number of rotatable bonds is 12. The molecule has 0 fully saturated rings. The van der Waals surface area contributed by atoms with Crippen molar-refractivity contribution in [2.45, 2.75) is 11.8 Å². The van der Waals surface area contributed by atoms with Gasteiger partial charge in [-0.05, 0) is 85.3 Å². The van der Waals surface area contributed by atoms with E-state index in [1.807, 2.05) is 13.0 Å². The number of carbonyl (C=O) groups excluding carboxylic acids is 4. The van der Waals surface area contributed by atoms with Gasteiger partial charge in [-0.2, -0.15) is 0 Å². The molecule has 0 bridgehead atoms. The molecule has 0 atom stereocenters. The van der Waals surface area contributed by atoms with Crippen LogP contribution in [0.3, 0.4) is 0 Å². The number of hydrogen-bond acceptors (Lipinski definition) is 6. The maximum absolute atomic E-state index is 13.4. The molecule has 4 aromatic rings. The Kier molecular flexibility index (Phi) is 10.7. The van der Waals surface area contributed by atoms with Gasteiger partial charge in [0.2, 0.25) is 11.8 Å². The number of nitrogens with two attached hydrogens (primary N) is 1. The van der Waals surface area contributed by atoms with Crippen molar-refractivity contribution in [3.05, 3.63) is 126 Å². The Morgan fingerprint density at radius 2 is 1.51 bits per heavy atom. The first kappa shape index (κ1) is 30.6. The lowest BCUT2D eigenvalue weighted by Crippen LogP contribution is -2.30. The molecule has 4 amide bonds. The first-order chi connectivity index (χ1) is 20.8. The largest absolute Gasteiger partial charge is 0.494 e. The van der Waals surface area contributed by atoms with E-state index in [4.69, 9.17) is 10.5 Å². The fourth-order valence-corrected chi connectivity index (χ4v) is 4.62. The van der Waals surface area contributed by atoms with Gasteiger partial charge in [0.05, 0.1) is 12.4 Å². The van der Waals surface area contributed by atoms with Gasteiger partial charge in [-0.1, -0.05) is 36.4 Å². The molecule has 0 aliphatic carbocycles. The second kappa shape index (κ2) is 15.0. The van der Waals surface area contributed by atoms with Crippen LogP contribution in [-0.4, -0.2) is 36.0 Å². The van der Waals surface area contributed by atoms with E-state index in [0.29, 0.717) is 40.4 Å². The third-order valence-electron chi connectivity index (χ3n) is 5.95. The number of amides is 4. The lowest BCUT2D eigenvalue weighted by Gasteiger charge is -2.12. The molecule has 4 aromatic carbocycles. The van der Waals surface area contributed by atoms with Crippen LogP contribution in [0.2, 0.25) is 0 Å². The number of hydrogen-bond donors (Lipinski definition) is 4. The van der Waals surface area contributed by atoms with E-state index in [1.54, 1.807) is 91.0 Å². The minimum absolute atomic E-state index is 0.0535. The normalized spacial score (nSPS) is 10.9. The van der Waals surface area contributed by atoms with Gasteiger partial charge >= 0.3 is 0 Å². The topological polar surface area (TPSA) is 140 Å². The van der Waals surface area contributed by atoms with Crippen molar-refractivity contribution in [2.75, 3.05) is 23.0 Å². The van der Waals surface area contributed by atoms with Crippen LogP contribution < -0.4 is 26.4 Å². The zero-order valence-electron chi connectivity index (χ0n) is 23.3. The number of nitrogens with one attached hydrogen (secondary N) is 3. The number of thioether (sulfide) groups is 1. The molecular formula is C33H30N4O5S. The van der Waals surface area contributed by atoms with E-state index < -0.39 is 17.7 Å². The maximum Gasteiger partial charge on any atom is 0.272 e. The Labute approximate surface area is 253 Å². The van der Waals surface area contributed by atoms with E-state index in [1.165, 1.54) is 23.9 Å². The summed E-state index contributed by atoms with van der Waals surface area (Å²) in [6.07, 6.45) is 1.59. The lowest BCUT2D eigenvalue weighted by molar-refractivity contribution is -0.114. The smallest absolute Gasteiger partial charge is 0.272 e. The highest BCUT2D eigenvalue weighted by molar-refractivity contribution is 8.00. The molecule has 0 unspecified atom stereocenters. The van der Waals surface area contributed by atoms with Gasteiger partial charge in [0, 0.05) is 27.4 Å². The fraction of sp³-hybridized carbons (Fsp3) is 0.0909. The number of benzene rings is 4. The summed E-state index contributed by atoms with van der Waals surface area (Å²) in [6, 6.07) is 29.1. The predicted molar refractivity (Wildman–Crippen MR) is 169 cm³/mol. The number of anilines is 2. The number of primary amides is 1. The van der Waals surface area contributed by atoms with Gasteiger partial charge in [0.1, 0.15) is 11.4 Å². The van der Waals surface area contributed by atoms with Crippen LogP contribution in [0.15, 0.2) is 114 Å². The maximum atomic E-state index is 13.4. The van der Waals surface area contributed by atoms with Crippen molar-refractivity contribution in [1.82, 2.24) is 5.32 Å². The fourth-order valence-electron chi connectivity index (χ4n) is 3.86. The van der Waals surface area contributed by atoms with E-state index in [-0.39, 0.29) is 17.4 Å². The Bertz CT molecular complexity index is 1620. The summed E-state index contributed by atoms with van der Waals surface area (Å²) < 4.78 is 5.49. The van der Waals surface area contributed by atoms with Crippen LogP contribution in [0.5, 0.6) is 5.75 Å². The second-order valence-electron chi connectivity index (χ2n) is 9.14. The summed E-state index contributed by atoms with van der Waals surface area (Å²) in [7, 11) is 0. The third-order valence-corrected chi connectivity index (χ3v) is 6.94. The van der Waals surface area contributed by atoms with Crippen molar-refractivity contribution in [2.24, 2.45) is 5.73 Å². The molecule has 10 heteroatoms. The molecule has 0 aliphatic heterocycles. The quantitative estimate of drug-likeness (QED) is 0.129. The highest BCUT2D eigenvalue weighted by atomic mass is 32.2. The summed E-state index contributed by atoms with van der Waals surface area (Å²) in [5, 5.41) is 8.33.